The molecular weight excluding hydrogens is 412 g/mol. The molecule has 2 rings (SSSR count). The number of rotatable bonds is 10. The number of non-ortho nitro benzene ring substituents is 1. The topological polar surface area (TPSA) is 140 Å². The molecule has 0 radical (unpaired) electrons. The Kier molecular flexibility index (Phi) is 7.86. The van der Waals surface area contributed by atoms with Crippen molar-refractivity contribution in [1.82, 2.24) is 4.72 Å². The van der Waals surface area contributed by atoms with Gasteiger partial charge in [-0.3, -0.25) is 14.9 Å². The Hall–Kier alpha value is -3.02. The van der Waals surface area contributed by atoms with Crippen molar-refractivity contribution >= 4 is 33.0 Å². The molecule has 0 heterocycles. The van der Waals surface area contributed by atoms with Gasteiger partial charge >= 0.3 is 0 Å². The van der Waals surface area contributed by atoms with Gasteiger partial charge in [0, 0.05) is 43.2 Å². The van der Waals surface area contributed by atoms with Crippen LogP contribution in [-0.2, 0) is 14.8 Å². The first-order valence-electron chi connectivity index (χ1n) is 9.09. The first-order chi connectivity index (χ1) is 14.1. The van der Waals surface area contributed by atoms with E-state index in [0.29, 0.717) is 24.5 Å². The molecule has 10 nitrogen and oxygen atoms in total. The largest absolute Gasteiger partial charge is 0.383 e. The zero-order chi connectivity index (χ0) is 22.3. The van der Waals surface area contributed by atoms with Crippen LogP contribution >= 0.6 is 0 Å². The van der Waals surface area contributed by atoms with Crippen molar-refractivity contribution in [3.05, 3.63) is 58.1 Å². The van der Waals surface area contributed by atoms with E-state index in [2.05, 4.69) is 15.4 Å². The molecule has 162 valence electrons. The van der Waals surface area contributed by atoms with E-state index in [9.17, 15) is 23.3 Å². The lowest BCUT2D eigenvalue weighted by molar-refractivity contribution is -0.384. The summed E-state index contributed by atoms with van der Waals surface area (Å²) in [6.45, 7) is 4.22. The Balaban J connectivity index is 2.24. The third kappa shape index (κ3) is 6.24. The zero-order valence-corrected chi connectivity index (χ0v) is 17.7. The second-order valence-electron chi connectivity index (χ2n) is 6.66. The Labute approximate surface area is 174 Å². The van der Waals surface area contributed by atoms with Crippen molar-refractivity contribution in [3.63, 3.8) is 0 Å². The average Bonchev–Trinajstić information content (AvgIpc) is 2.67. The number of methoxy groups -OCH3 is 1. The molecule has 0 spiro atoms. The molecule has 0 aliphatic heterocycles. The Morgan fingerprint density at radius 1 is 1.17 bits per heavy atom. The molecule has 30 heavy (non-hydrogen) atoms. The minimum Gasteiger partial charge on any atom is -0.383 e. The predicted molar refractivity (Wildman–Crippen MR) is 113 cm³/mol. The van der Waals surface area contributed by atoms with E-state index in [1.807, 2.05) is 0 Å². The molecule has 0 aliphatic carbocycles. The molecule has 11 heteroatoms. The Morgan fingerprint density at radius 2 is 1.83 bits per heavy atom. The third-order valence-corrected chi connectivity index (χ3v) is 5.57. The van der Waals surface area contributed by atoms with Gasteiger partial charge in [0.2, 0.25) is 10.0 Å². The summed E-state index contributed by atoms with van der Waals surface area (Å²) in [6, 6.07) is 9.30. The van der Waals surface area contributed by atoms with E-state index in [4.69, 9.17) is 4.74 Å². The van der Waals surface area contributed by atoms with Gasteiger partial charge in [-0.1, -0.05) is 0 Å². The van der Waals surface area contributed by atoms with E-state index >= 15 is 0 Å². The molecule has 0 aliphatic rings. The van der Waals surface area contributed by atoms with Crippen LogP contribution in [0.15, 0.2) is 47.4 Å². The van der Waals surface area contributed by atoms with Gasteiger partial charge in [-0.25, -0.2) is 13.1 Å². The number of nitrogens with one attached hydrogen (secondary N) is 3. The monoisotopic (exact) mass is 436 g/mol. The van der Waals surface area contributed by atoms with E-state index in [0.717, 1.165) is 0 Å². The van der Waals surface area contributed by atoms with Crippen LogP contribution < -0.4 is 15.4 Å². The molecule has 3 N–H and O–H groups in total. The molecule has 0 bridgehead atoms. The van der Waals surface area contributed by atoms with Crippen molar-refractivity contribution in [2.24, 2.45) is 0 Å². The molecule has 0 saturated carbocycles. The average molecular weight is 436 g/mol. The fourth-order valence-corrected chi connectivity index (χ4v) is 3.82. The van der Waals surface area contributed by atoms with E-state index < -0.39 is 20.9 Å². The quantitative estimate of drug-likeness (QED) is 0.295. The highest BCUT2D eigenvalue weighted by Crippen LogP contribution is 2.24. The molecule has 1 amide bonds. The van der Waals surface area contributed by atoms with Crippen molar-refractivity contribution < 1.29 is 22.9 Å². The number of anilines is 2. The molecule has 0 saturated heterocycles. The maximum Gasteiger partial charge on any atom is 0.270 e. The lowest BCUT2D eigenvalue weighted by Crippen LogP contribution is -2.30. The number of carbonyl (C=O) groups excluding carboxylic acids is 1. The number of nitro benzene ring substituents is 1. The number of amides is 1. The highest BCUT2D eigenvalue weighted by Gasteiger charge is 2.18. The summed E-state index contributed by atoms with van der Waals surface area (Å²) in [7, 11) is -2.12. The van der Waals surface area contributed by atoms with Gasteiger partial charge < -0.3 is 15.4 Å². The van der Waals surface area contributed by atoms with Crippen molar-refractivity contribution in [2.75, 3.05) is 30.9 Å². The molecular formula is C19H24N4O6S. The second kappa shape index (κ2) is 10.1. The van der Waals surface area contributed by atoms with Gasteiger partial charge in [0.25, 0.3) is 11.6 Å². The number of nitrogens with zero attached hydrogens (tertiary/aromatic N) is 1. The number of hydrogen-bond acceptors (Lipinski definition) is 7. The van der Waals surface area contributed by atoms with Crippen LogP contribution in [0.2, 0.25) is 0 Å². The summed E-state index contributed by atoms with van der Waals surface area (Å²) in [5.41, 5.74) is 0.616. The van der Waals surface area contributed by atoms with Gasteiger partial charge in [-0.15, -0.1) is 0 Å². The van der Waals surface area contributed by atoms with Crippen LogP contribution in [-0.4, -0.2) is 45.6 Å². The van der Waals surface area contributed by atoms with Crippen LogP contribution in [0.25, 0.3) is 0 Å². The summed E-state index contributed by atoms with van der Waals surface area (Å²) in [5, 5.41) is 16.7. The fourth-order valence-electron chi connectivity index (χ4n) is 2.57. The standard InChI is InChI=1S/C19H24N4O6S/c1-13(2)22-30(27,28)16-7-4-14(5-8-16)21-19(24)17-12-15(23(25)26)6-9-18(17)20-10-11-29-3/h4-9,12-13,20,22H,10-11H2,1-3H3,(H,21,24). The van der Waals surface area contributed by atoms with Gasteiger partial charge in [-0.05, 0) is 44.2 Å². The molecule has 2 aromatic carbocycles. The lowest BCUT2D eigenvalue weighted by atomic mass is 10.1. The maximum absolute atomic E-state index is 12.7. The van der Waals surface area contributed by atoms with Crippen molar-refractivity contribution in [3.8, 4) is 0 Å². The Bertz CT molecular complexity index is 1010. The molecule has 0 atom stereocenters. The molecule has 0 fully saturated rings. The highest BCUT2D eigenvalue weighted by molar-refractivity contribution is 7.89. The lowest BCUT2D eigenvalue weighted by Gasteiger charge is -2.13. The van der Waals surface area contributed by atoms with E-state index in [-0.39, 0.29) is 22.2 Å². The SMILES string of the molecule is COCCNc1ccc([N+](=O)[O-])cc1C(=O)Nc1ccc(S(=O)(=O)NC(C)C)cc1. The number of ether oxygens (including phenoxy) is 1. The van der Waals surface area contributed by atoms with Gasteiger partial charge in [0.1, 0.15) is 0 Å². The first-order valence-corrected chi connectivity index (χ1v) is 10.6. The number of carbonyl (C=O) groups is 1. The number of hydrogen-bond donors (Lipinski definition) is 3. The number of sulfonamides is 1. The first kappa shape index (κ1) is 23.3. The highest BCUT2D eigenvalue weighted by atomic mass is 32.2. The van der Waals surface area contributed by atoms with Gasteiger partial charge in [-0.2, -0.15) is 0 Å². The summed E-state index contributed by atoms with van der Waals surface area (Å²) >= 11 is 0. The maximum atomic E-state index is 12.7. The van der Waals surface area contributed by atoms with E-state index in [1.54, 1.807) is 13.8 Å². The molecule has 0 unspecified atom stereocenters. The van der Waals surface area contributed by atoms with Crippen LogP contribution in [0, 0.1) is 10.1 Å². The number of benzene rings is 2. The van der Waals surface area contributed by atoms with Gasteiger partial charge in [0.15, 0.2) is 0 Å². The molecule has 2 aromatic rings. The smallest absolute Gasteiger partial charge is 0.270 e. The normalized spacial score (nSPS) is 11.3. The van der Waals surface area contributed by atoms with Crippen LogP contribution in [0.3, 0.4) is 0 Å². The minimum atomic E-state index is -3.65. The van der Waals surface area contributed by atoms with Crippen LogP contribution in [0.5, 0.6) is 0 Å². The van der Waals surface area contributed by atoms with Crippen LogP contribution in [0.1, 0.15) is 24.2 Å². The zero-order valence-electron chi connectivity index (χ0n) is 16.8. The third-order valence-electron chi connectivity index (χ3n) is 3.89. The summed E-state index contributed by atoms with van der Waals surface area (Å²) < 4.78 is 31.8. The van der Waals surface area contributed by atoms with Crippen LogP contribution in [0.4, 0.5) is 17.1 Å². The fraction of sp³-hybridized carbons (Fsp3) is 0.316. The Morgan fingerprint density at radius 3 is 2.40 bits per heavy atom. The predicted octanol–water partition coefficient (Wildman–Crippen LogP) is 2.59. The summed E-state index contributed by atoms with van der Waals surface area (Å²) in [4.78, 5) is 23.3. The second-order valence-corrected chi connectivity index (χ2v) is 8.38. The van der Waals surface area contributed by atoms with Crippen molar-refractivity contribution in [2.45, 2.75) is 24.8 Å². The number of nitro groups is 1. The summed E-state index contributed by atoms with van der Waals surface area (Å²) in [6.07, 6.45) is 0. The van der Waals surface area contributed by atoms with Crippen molar-refractivity contribution in [1.29, 1.82) is 0 Å². The summed E-state index contributed by atoms with van der Waals surface area (Å²) in [5.74, 6) is -0.575. The van der Waals surface area contributed by atoms with E-state index in [1.165, 1.54) is 49.6 Å². The van der Waals surface area contributed by atoms with Gasteiger partial charge in [0.05, 0.1) is 22.0 Å². The minimum absolute atomic E-state index is 0.0615. The molecule has 0 aromatic heterocycles.